The number of carboxylic acids is 1. The lowest BCUT2D eigenvalue weighted by atomic mass is 9.99. The maximum atomic E-state index is 12.0. The lowest BCUT2D eigenvalue weighted by Crippen LogP contribution is -2.49. The summed E-state index contributed by atoms with van der Waals surface area (Å²) >= 11 is 1.69. The maximum absolute atomic E-state index is 12.0. The number of carboxylic acid groups (broad SMARTS) is 1. The number of aliphatic carboxylic acids is 1. The van der Waals surface area contributed by atoms with Gasteiger partial charge in [0.15, 0.2) is 0 Å². The van der Waals surface area contributed by atoms with Crippen LogP contribution < -0.4 is 10.6 Å². The first kappa shape index (κ1) is 17.5. The Morgan fingerprint density at radius 2 is 1.90 bits per heavy atom. The molecule has 118 valence electrons. The molecule has 1 aromatic heterocycles. The maximum Gasteiger partial charge on any atom is 0.326 e. The summed E-state index contributed by atoms with van der Waals surface area (Å²) in [5, 5.41) is 14.5. The van der Waals surface area contributed by atoms with Gasteiger partial charge in [-0.25, -0.2) is 9.59 Å². The molecule has 6 heteroatoms. The van der Waals surface area contributed by atoms with E-state index in [0.29, 0.717) is 6.42 Å². The summed E-state index contributed by atoms with van der Waals surface area (Å²) in [5.74, 6) is -1.12. The normalized spacial score (nSPS) is 15.1. The number of hydrogen-bond acceptors (Lipinski definition) is 3. The fraction of sp³-hybridized carbons (Fsp3) is 0.600. The number of carbonyl (C=O) groups excluding carboxylic acids is 1. The molecule has 0 aliphatic rings. The van der Waals surface area contributed by atoms with Gasteiger partial charge in [-0.15, -0.1) is 11.3 Å². The summed E-state index contributed by atoms with van der Waals surface area (Å²) < 4.78 is 0. The zero-order valence-corrected chi connectivity index (χ0v) is 14.0. The molecule has 0 fully saturated rings. The van der Waals surface area contributed by atoms with Crippen LogP contribution >= 0.6 is 11.3 Å². The average Bonchev–Trinajstić information content (AvgIpc) is 2.73. The van der Waals surface area contributed by atoms with Gasteiger partial charge in [0.25, 0.3) is 0 Å². The van der Waals surface area contributed by atoms with Crippen LogP contribution in [0.1, 0.15) is 48.6 Å². The Hall–Kier alpha value is -1.56. The molecule has 0 aliphatic heterocycles. The Labute approximate surface area is 129 Å². The fourth-order valence-electron chi connectivity index (χ4n) is 2.22. The highest BCUT2D eigenvalue weighted by atomic mass is 32.1. The molecule has 0 saturated carbocycles. The average molecular weight is 312 g/mol. The summed E-state index contributed by atoms with van der Waals surface area (Å²) in [6.07, 6.45) is 0.690. The van der Waals surface area contributed by atoms with Crippen LogP contribution in [0.4, 0.5) is 4.79 Å². The van der Waals surface area contributed by atoms with Gasteiger partial charge in [-0.05, 0) is 38.3 Å². The molecule has 0 saturated heterocycles. The number of aryl methyl sites for hydroxylation is 2. The van der Waals surface area contributed by atoms with Crippen molar-refractivity contribution in [3.05, 3.63) is 21.4 Å². The molecule has 3 atom stereocenters. The van der Waals surface area contributed by atoms with Gasteiger partial charge in [-0.2, -0.15) is 0 Å². The number of amides is 2. The Morgan fingerprint density at radius 1 is 1.29 bits per heavy atom. The van der Waals surface area contributed by atoms with E-state index in [0.717, 1.165) is 10.4 Å². The summed E-state index contributed by atoms with van der Waals surface area (Å²) in [6.45, 7) is 9.65. The monoisotopic (exact) mass is 312 g/mol. The second-order valence-corrected chi connectivity index (χ2v) is 6.87. The van der Waals surface area contributed by atoms with Crippen molar-refractivity contribution < 1.29 is 14.7 Å². The van der Waals surface area contributed by atoms with Crippen molar-refractivity contribution in [1.82, 2.24) is 10.6 Å². The Morgan fingerprint density at radius 3 is 2.33 bits per heavy atom. The predicted molar refractivity (Wildman–Crippen MR) is 84.8 cm³/mol. The zero-order chi connectivity index (χ0) is 16.2. The van der Waals surface area contributed by atoms with Crippen LogP contribution in [-0.4, -0.2) is 23.1 Å². The summed E-state index contributed by atoms with van der Waals surface area (Å²) in [5.41, 5.74) is 1.07. The van der Waals surface area contributed by atoms with E-state index in [1.807, 2.05) is 40.7 Å². The van der Waals surface area contributed by atoms with Gasteiger partial charge in [0, 0.05) is 9.75 Å². The second-order valence-electron chi connectivity index (χ2n) is 5.41. The van der Waals surface area contributed by atoms with Gasteiger partial charge < -0.3 is 15.7 Å². The molecule has 1 rings (SSSR count). The molecule has 5 nitrogen and oxygen atoms in total. The van der Waals surface area contributed by atoms with Crippen LogP contribution in [0.25, 0.3) is 0 Å². The van der Waals surface area contributed by atoms with E-state index in [1.54, 1.807) is 11.3 Å². The van der Waals surface area contributed by atoms with E-state index in [-0.39, 0.29) is 12.0 Å². The molecule has 21 heavy (non-hydrogen) atoms. The quantitative estimate of drug-likeness (QED) is 0.754. The first-order valence-electron chi connectivity index (χ1n) is 7.13. The van der Waals surface area contributed by atoms with E-state index >= 15 is 0 Å². The third-order valence-electron chi connectivity index (χ3n) is 3.66. The van der Waals surface area contributed by atoms with E-state index in [9.17, 15) is 14.7 Å². The van der Waals surface area contributed by atoms with Crippen molar-refractivity contribution in [3.8, 4) is 0 Å². The molecular formula is C15H24N2O3S. The third kappa shape index (κ3) is 4.74. The van der Waals surface area contributed by atoms with Crippen LogP contribution in [0.2, 0.25) is 0 Å². The lowest BCUT2D eigenvalue weighted by molar-refractivity contribution is -0.140. The van der Waals surface area contributed by atoms with Gasteiger partial charge in [0.2, 0.25) is 0 Å². The summed E-state index contributed by atoms with van der Waals surface area (Å²) in [6, 6.07) is 0.584. The van der Waals surface area contributed by atoms with Gasteiger partial charge in [0.1, 0.15) is 6.04 Å². The molecule has 3 N–H and O–H groups in total. The highest BCUT2D eigenvalue weighted by molar-refractivity contribution is 7.12. The minimum Gasteiger partial charge on any atom is -0.480 e. The molecule has 2 unspecified atom stereocenters. The highest BCUT2D eigenvalue weighted by Gasteiger charge is 2.26. The number of hydrogen-bond donors (Lipinski definition) is 3. The van der Waals surface area contributed by atoms with E-state index in [4.69, 9.17) is 0 Å². The molecular weight excluding hydrogens is 288 g/mol. The van der Waals surface area contributed by atoms with Crippen molar-refractivity contribution in [1.29, 1.82) is 0 Å². The molecule has 1 heterocycles. The van der Waals surface area contributed by atoms with Crippen molar-refractivity contribution in [3.63, 3.8) is 0 Å². The lowest BCUT2D eigenvalue weighted by Gasteiger charge is -2.22. The van der Waals surface area contributed by atoms with E-state index in [2.05, 4.69) is 10.6 Å². The van der Waals surface area contributed by atoms with Gasteiger partial charge in [-0.3, -0.25) is 0 Å². The second kappa shape index (κ2) is 7.45. The first-order valence-corrected chi connectivity index (χ1v) is 7.94. The highest BCUT2D eigenvalue weighted by Crippen LogP contribution is 2.26. The third-order valence-corrected chi connectivity index (χ3v) is 4.64. The van der Waals surface area contributed by atoms with Crippen LogP contribution in [0, 0.1) is 19.8 Å². The number of urea groups is 1. The molecule has 0 radical (unpaired) electrons. The molecule has 0 aliphatic carbocycles. The van der Waals surface area contributed by atoms with Gasteiger partial charge in [-0.1, -0.05) is 20.3 Å². The summed E-state index contributed by atoms with van der Waals surface area (Å²) in [4.78, 5) is 25.6. The van der Waals surface area contributed by atoms with Crippen LogP contribution in [0.5, 0.6) is 0 Å². The Kier molecular flexibility index (Phi) is 6.20. The number of rotatable bonds is 6. The molecule has 0 aromatic carbocycles. The SMILES string of the molecule is CCC(C)[C@H](NC(=O)NC(C)c1cc(C)sc1C)C(=O)O. The minimum absolute atomic E-state index is 0.117. The van der Waals surface area contributed by atoms with Crippen LogP contribution in [0.3, 0.4) is 0 Å². The summed E-state index contributed by atoms with van der Waals surface area (Å²) in [7, 11) is 0. The zero-order valence-electron chi connectivity index (χ0n) is 13.2. The molecule has 2 amide bonds. The Balaban J connectivity index is 2.68. The van der Waals surface area contributed by atoms with Gasteiger partial charge >= 0.3 is 12.0 Å². The molecule has 1 aromatic rings. The van der Waals surface area contributed by atoms with Crippen LogP contribution in [-0.2, 0) is 4.79 Å². The minimum atomic E-state index is -1.00. The topological polar surface area (TPSA) is 78.4 Å². The molecule has 0 bridgehead atoms. The van der Waals surface area contributed by atoms with Crippen molar-refractivity contribution in [2.45, 2.75) is 53.1 Å². The van der Waals surface area contributed by atoms with E-state index < -0.39 is 18.0 Å². The smallest absolute Gasteiger partial charge is 0.326 e. The number of nitrogens with one attached hydrogen (secondary N) is 2. The first-order chi connectivity index (χ1) is 9.76. The standard InChI is InChI=1S/C15H24N2O3S/c1-6-8(2)13(14(18)19)17-15(20)16-10(4)12-7-9(3)21-11(12)5/h7-8,10,13H,6H2,1-5H3,(H,18,19)(H2,16,17,20)/t8?,10?,13-/m0/s1. The number of carbonyl (C=O) groups is 2. The molecule has 0 spiro atoms. The predicted octanol–water partition coefficient (Wildman–Crippen LogP) is 3.22. The largest absolute Gasteiger partial charge is 0.480 e. The van der Waals surface area contributed by atoms with Crippen LogP contribution in [0.15, 0.2) is 6.07 Å². The van der Waals surface area contributed by atoms with E-state index in [1.165, 1.54) is 4.88 Å². The van der Waals surface area contributed by atoms with Crippen molar-refractivity contribution >= 4 is 23.3 Å². The van der Waals surface area contributed by atoms with Gasteiger partial charge in [0.05, 0.1) is 6.04 Å². The number of thiophene rings is 1. The fourth-order valence-corrected chi connectivity index (χ4v) is 3.24. The Bertz CT molecular complexity index is 513. The van der Waals surface area contributed by atoms with Crippen molar-refractivity contribution in [2.24, 2.45) is 5.92 Å². The van der Waals surface area contributed by atoms with Crippen molar-refractivity contribution in [2.75, 3.05) is 0 Å².